The fraction of sp³-hybridized carbons (Fsp3) is 0.357. The van der Waals surface area contributed by atoms with Gasteiger partial charge in [0.1, 0.15) is 0 Å². The van der Waals surface area contributed by atoms with Crippen molar-refractivity contribution in [3.05, 3.63) is 65.7 Å². The predicted octanol–water partition coefficient (Wildman–Crippen LogP) is 6.08. The van der Waals surface area contributed by atoms with Gasteiger partial charge >= 0.3 is 0 Å². The average molecular weight is 442 g/mol. The second kappa shape index (κ2) is 7.77. The van der Waals surface area contributed by atoms with E-state index >= 15 is 0 Å². The summed E-state index contributed by atoms with van der Waals surface area (Å²) in [7, 11) is 0. The van der Waals surface area contributed by atoms with Crippen molar-refractivity contribution >= 4 is 34.2 Å². The quantitative estimate of drug-likeness (QED) is 0.382. The Kier molecular flexibility index (Phi) is 4.87. The predicted molar refractivity (Wildman–Crippen MR) is 130 cm³/mol. The topological polar surface area (TPSA) is 46.2 Å². The Morgan fingerprint density at radius 2 is 1.78 bits per heavy atom. The molecule has 0 aliphatic heterocycles. The van der Waals surface area contributed by atoms with Gasteiger partial charge in [0.15, 0.2) is 5.78 Å². The van der Waals surface area contributed by atoms with Crippen molar-refractivity contribution in [3.8, 4) is 11.1 Å². The van der Waals surface area contributed by atoms with E-state index in [1.165, 1.54) is 25.7 Å². The van der Waals surface area contributed by atoms with Crippen LogP contribution in [0.1, 0.15) is 48.5 Å². The SMILES string of the molecule is C[C@@H](NC(=O)CSc1ccc2c3c(cccc13)C(=O)c1ccccc1-2)[C@@H]1C[C@H]2CC[C@H]1C2. The molecule has 3 aromatic rings. The smallest absolute Gasteiger partial charge is 0.230 e. The van der Waals surface area contributed by atoms with Crippen LogP contribution in [0, 0.1) is 17.8 Å². The molecule has 32 heavy (non-hydrogen) atoms. The maximum atomic E-state index is 13.1. The van der Waals surface area contributed by atoms with E-state index in [0.29, 0.717) is 11.7 Å². The van der Waals surface area contributed by atoms with Crippen LogP contribution in [0.4, 0.5) is 0 Å². The minimum atomic E-state index is 0.0817. The van der Waals surface area contributed by atoms with E-state index in [9.17, 15) is 9.59 Å². The average Bonchev–Trinajstić information content (AvgIpc) is 3.45. The summed E-state index contributed by atoms with van der Waals surface area (Å²) in [5.74, 6) is 2.93. The minimum Gasteiger partial charge on any atom is -0.353 e. The van der Waals surface area contributed by atoms with E-state index in [0.717, 1.165) is 49.8 Å². The van der Waals surface area contributed by atoms with Gasteiger partial charge in [0, 0.05) is 27.5 Å². The van der Waals surface area contributed by atoms with Gasteiger partial charge in [-0.15, -0.1) is 11.8 Å². The molecule has 3 aliphatic carbocycles. The number of amides is 1. The van der Waals surface area contributed by atoms with Gasteiger partial charge in [-0.1, -0.05) is 55.0 Å². The second-order valence-electron chi connectivity index (χ2n) is 9.70. The number of hydrogen-bond donors (Lipinski definition) is 1. The van der Waals surface area contributed by atoms with Crippen LogP contribution in [0.3, 0.4) is 0 Å². The number of carbonyl (C=O) groups excluding carboxylic acids is 2. The fourth-order valence-corrected chi connectivity index (χ4v) is 7.29. The summed E-state index contributed by atoms with van der Waals surface area (Å²) in [5, 5.41) is 5.34. The molecule has 0 saturated heterocycles. The lowest BCUT2D eigenvalue weighted by Crippen LogP contribution is -2.40. The molecule has 2 fully saturated rings. The van der Waals surface area contributed by atoms with Crippen molar-refractivity contribution in [3.63, 3.8) is 0 Å². The van der Waals surface area contributed by atoms with Crippen LogP contribution < -0.4 is 5.32 Å². The van der Waals surface area contributed by atoms with Gasteiger partial charge in [-0.05, 0) is 66.5 Å². The summed E-state index contributed by atoms with van der Waals surface area (Å²) in [6.45, 7) is 2.18. The van der Waals surface area contributed by atoms with Gasteiger partial charge in [0.2, 0.25) is 5.91 Å². The molecule has 2 saturated carbocycles. The van der Waals surface area contributed by atoms with Crippen LogP contribution in [0.15, 0.2) is 59.5 Å². The van der Waals surface area contributed by atoms with Crippen molar-refractivity contribution < 1.29 is 9.59 Å². The van der Waals surface area contributed by atoms with Crippen molar-refractivity contribution in [1.82, 2.24) is 5.32 Å². The Hall–Kier alpha value is -2.59. The van der Waals surface area contributed by atoms with Crippen LogP contribution in [0.25, 0.3) is 21.9 Å². The summed E-state index contributed by atoms with van der Waals surface area (Å²) >= 11 is 1.57. The molecule has 0 aromatic heterocycles. The summed E-state index contributed by atoms with van der Waals surface area (Å²) in [6.07, 6.45) is 5.37. The van der Waals surface area contributed by atoms with Gasteiger partial charge in [-0.25, -0.2) is 0 Å². The van der Waals surface area contributed by atoms with Crippen LogP contribution >= 0.6 is 11.8 Å². The summed E-state index contributed by atoms with van der Waals surface area (Å²) in [5.41, 5.74) is 3.62. The lowest BCUT2D eigenvalue weighted by atomic mass is 9.83. The minimum absolute atomic E-state index is 0.0817. The highest BCUT2D eigenvalue weighted by Crippen LogP contribution is 2.49. The Morgan fingerprint density at radius 1 is 0.969 bits per heavy atom. The largest absolute Gasteiger partial charge is 0.353 e. The van der Waals surface area contributed by atoms with E-state index in [2.05, 4.69) is 30.4 Å². The Morgan fingerprint density at radius 3 is 2.56 bits per heavy atom. The zero-order valence-corrected chi connectivity index (χ0v) is 19.1. The highest BCUT2D eigenvalue weighted by molar-refractivity contribution is 8.00. The zero-order valence-electron chi connectivity index (χ0n) is 18.3. The van der Waals surface area contributed by atoms with Gasteiger partial charge in [-0.3, -0.25) is 9.59 Å². The molecular formula is C28H27NO2S. The molecule has 3 aliphatic rings. The van der Waals surface area contributed by atoms with E-state index in [4.69, 9.17) is 0 Å². The molecule has 1 amide bonds. The third-order valence-electron chi connectivity index (χ3n) is 7.89. The highest BCUT2D eigenvalue weighted by Gasteiger charge is 2.42. The van der Waals surface area contributed by atoms with Crippen molar-refractivity contribution in [2.24, 2.45) is 17.8 Å². The summed E-state index contributed by atoms with van der Waals surface area (Å²) < 4.78 is 0. The molecule has 1 N–H and O–H groups in total. The number of nitrogens with one attached hydrogen (secondary N) is 1. The van der Waals surface area contributed by atoms with Gasteiger partial charge < -0.3 is 5.32 Å². The number of ketones is 1. The van der Waals surface area contributed by atoms with Gasteiger partial charge in [-0.2, -0.15) is 0 Å². The first-order chi connectivity index (χ1) is 15.6. The van der Waals surface area contributed by atoms with E-state index in [1.54, 1.807) is 11.8 Å². The van der Waals surface area contributed by atoms with Crippen LogP contribution in [-0.2, 0) is 4.79 Å². The maximum Gasteiger partial charge on any atom is 0.230 e. The molecular weight excluding hydrogens is 414 g/mol. The molecule has 0 spiro atoms. The molecule has 0 unspecified atom stereocenters. The van der Waals surface area contributed by atoms with Crippen molar-refractivity contribution in [2.45, 2.75) is 43.5 Å². The molecule has 3 nitrogen and oxygen atoms in total. The van der Waals surface area contributed by atoms with E-state index in [1.807, 2.05) is 36.4 Å². The van der Waals surface area contributed by atoms with Crippen LogP contribution in [0.2, 0.25) is 0 Å². The number of rotatable bonds is 5. The lowest BCUT2D eigenvalue weighted by molar-refractivity contribution is -0.119. The molecule has 4 atom stereocenters. The summed E-state index contributed by atoms with van der Waals surface area (Å²) in [4.78, 5) is 26.9. The molecule has 162 valence electrons. The van der Waals surface area contributed by atoms with Crippen LogP contribution in [-0.4, -0.2) is 23.5 Å². The Labute approximate surface area is 193 Å². The third-order valence-corrected chi connectivity index (χ3v) is 8.96. The summed E-state index contributed by atoms with van der Waals surface area (Å²) in [6, 6.07) is 18.2. The van der Waals surface area contributed by atoms with Crippen molar-refractivity contribution in [1.29, 1.82) is 0 Å². The molecule has 0 radical (unpaired) electrons. The maximum absolute atomic E-state index is 13.1. The normalized spacial score (nSPS) is 23.9. The van der Waals surface area contributed by atoms with Crippen molar-refractivity contribution in [2.75, 3.05) is 5.75 Å². The molecule has 4 heteroatoms. The first kappa shape index (κ1) is 20.0. The molecule has 6 rings (SSSR count). The monoisotopic (exact) mass is 441 g/mol. The number of carbonyl (C=O) groups is 2. The fourth-order valence-electron chi connectivity index (χ4n) is 6.43. The number of benzene rings is 3. The highest BCUT2D eigenvalue weighted by atomic mass is 32.2. The zero-order chi connectivity index (χ0) is 21.8. The Bertz CT molecular complexity index is 1250. The first-order valence-electron chi connectivity index (χ1n) is 11.7. The third kappa shape index (κ3) is 3.19. The van der Waals surface area contributed by atoms with E-state index < -0.39 is 0 Å². The first-order valence-corrected chi connectivity index (χ1v) is 12.7. The number of fused-ring (bicyclic) bond motifs is 4. The number of thioether (sulfide) groups is 1. The van der Waals surface area contributed by atoms with Gasteiger partial charge in [0.25, 0.3) is 0 Å². The lowest BCUT2D eigenvalue weighted by Gasteiger charge is -2.28. The second-order valence-corrected chi connectivity index (χ2v) is 10.7. The standard InChI is InChI=1S/C28H27NO2S/c1-16(24-14-17-9-10-18(24)13-17)29-26(30)15-32-25-12-11-20-19-5-2-3-6-21(19)28(31)23-8-4-7-22(25)27(20)23/h2-8,11-12,16-18,24H,9-10,13-15H2,1H3,(H,29,30)/t16-,17+,18+,24+/m1/s1. The molecule has 2 bridgehead atoms. The van der Waals surface area contributed by atoms with Gasteiger partial charge in [0.05, 0.1) is 5.75 Å². The van der Waals surface area contributed by atoms with E-state index in [-0.39, 0.29) is 17.7 Å². The number of hydrogen-bond acceptors (Lipinski definition) is 3. The Balaban J connectivity index is 1.23. The molecule has 3 aromatic carbocycles. The molecule has 0 heterocycles. The van der Waals surface area contributed by atoms with Crippen LogP contribution in [0.5, 0.6) is 0 Å².